The molecular formula is C23H27F3N8O3. The van der Waals surface area contributed by atoms with E-state index in [9.17, 15) is 18.0 Å². The molecule has 0 aliphatic carbocycles. The Kier molecular flexibility index (Phi) is 7.39. The van der Waals surface area contributed by atoms with Gasteiger partial charge in [0.2, 0.25) is 11.8 Å². The summed E-state index contributed by atoms with van der Waals surface area (Å²) in [4.78, 5) is 32.2. The Morgan fingerprint density at radius 2 is 1.73 bits per heavy atom. The van der Waals surface area contributed by atoms with Gasteiger partial charge in [0.15, 0.2) is 0 Å². The van der Waals surface area contributed by atoms with Crippen molar-refractivity contribution in [2.75, 3.05) is 81.2 Å². The van der Waals surface area contributed by atoms with Crippen molar-refractivity contribution in [2.24, 2.45) is 0 Å². The molecule has 5 rings (SSSR count). The fourth-order valence-electron chi connectivity index (χ4n) is 4.13. The predicted octanol–water partition coefficient (Wildman–Crippen LogP) is 2.20. The van der Waals surface area contributed by atoms with E-state index in [0.717, 1.165) is 19.6 Å². The number of nitrogens with zero attached hydrogens (tertiary/aromatic N) is 5. The molecule has 0 radical (unpaired) electrons. The summed E-state index contributed by atoms with van der Waals surface area (Å²) >= 11 is 0. The maximum atomic E-state index is 13.1. The molecule has 1 amide bonds. The van der Waals surface area contributed by atoms with Gasteiger partial charge in [-0.3, -0.25) is 9.69 Å². The Balaban J connectivity index is 1.33. The van der Waals surface area contributed by atoms with Crippen molar-refractivity contribution in [3.8, 4) is 0 Å². The molecule has 3 N–H and O–H groups in total. The van der Waals surface area contributed by atoms with Gasteiger partial charge in [0, 0.05) is 51.0 Å². The van der Waals surface area contributed by atoms with E-state index in [2.05, 4.69) is 35.5 Å². The highest BCUT2D eigenvalue weighted by Gasteiger charge is 2.34. The van der Waals surface area contributed by atoms with Crippen LogP contribution in [-0.2, 0) is 15.7 Å². The van der Waals surface area contributed by atoms with E-state index in [4.69, 9.17) is 9.47 Å². The van der Waals surface area contributed by atoms with Gasteiger partial charge in [-0.1, -0.05) is 0 Å². The summed E-state index contributed by atoms with van der Waals surface area (Å²) < 4.78 is 49.7. The number of amides is 1. The number of aromatic nitrogens is 4. The third kappa shape index (κ3) is 6.26. The Hall–Kier alpha value is -3.49. The number of hydrogen-bond acceptors (Lipinski definition) is 9. The summed E-state index contributed by atoms with van der Waals surface area (Å²) in [6.07, 6.45) is -4.59. The lowest BCUT2D eigenvalue weighted by Gasteiger charge is -2.28. The van der Waals surface area contributed by atoms with Crippen molar-refractivity contribution in [3.63, 3.8) is 0 Å². The van der Waals surface area contributed by atoms with Crippen molar-refractivity contribution >= 4 is 34.4 Å². The van der Waals surface area contributed by atoms with Gasteiger partial charge in [0.05, 0.1) is 37.5 Å². The highest BCUT2D eigenvalue weighted by atomic mass is 19.4. The van der Waals surface area contributed by atoms with E-state index in [1.54, 1.807) is 6.07 Å². The third-order valence-corrected chi connectivity index (χ3v) is 6.09. The topological polar surface area (TPSA) is 121 Å². The van der Waals surface area contributed by atoms with Crippen LogP contribution in [0.5, 0.6) is 0 Å². The molecule has 0 bridgehead atoms. The third-order valence-electron chi connectivity index (χ3n) is 6.09. The van der Waals surface area contributed by atoms with Gasteiger partial charge >= 0.3 is 6.18 Å². The molecule has 0 spiro atoms. The number of anilines is 3. The van der Waals surface area contributed by atoms with Gasteiger partial charge in [-0.25, -0.2) is 9.97 Å². The Morgan fingerprint density at radius 3 is 2.46 bits per heavy atom. The standard InChI is InChI=1S/C23H27F3N8O3/c24-23(25,26)21-29-16-2-1-15(13-17(16)30-21)28-20(35)18-14-19(27-3-4-33-5-9-36-10-6-33)32-22(31-18)34-7-11-37-12-8-34/h1-2,13-14H,3-12H2,(H,28,35)(H,29,30)(H,27,31,32). The Bertz CT molecular complexity index is 1240. The molecule has 0 saturated carbocycles. The Labute approximate surface area is 210 Å². The minimum absolute atomic E-state index is 0.131. The van der Waals surface area contributed by atoms with E-state index >= 15 is 0 Å². The molecule has 2 fully saturated rings. The molecule has 1 aromatic carbocycles. The number of H-pyrrole nitrogens is 1. The number of morpholine rings is 2. The quantitative estimate of drug-likeness (QED) is 0.431. The summed E-state index contributed by atoms with van der Waals surface area (Å²) in [5.41, 5.74) is 0.746. The van der Waals surface area contributed by atoms with Crippen molar-refractivity contribution in [2.45, 2.75) is 6.18 Å². The number of nitrogens with one attached hydrogen (secondary N) is 3. The van der Waals surface area contributed by atoms with Crippen LogP contribution in [0.4, 0.5) is 30.6 Å². The van der Waals surface area contributed by atoms with Crippen LogP contribution in [0.3, 0.4) is 0 Å². The fourth-order valence-corrected chi connectivity index (χ4v) is 4.13. The average molecular weight is 521 g/mol. The lowest BCUT2D eigenvalue weighted by molar-refractivity contribution is -0.144. The molecule has 3 aromatic rings. The maximum Gasteiger partial charge on any atom is 0.449 e. The number of halogens is 3. The molecule has 11 nitrogen and oxygen atoms in total. The zero-order valence-electron chi connectivity index (χ0n) is 20.0. The minimum Gasteiger partial charge on any atom is -0.379 e. The lowest BCUT2D eigenvalue weighted by atomic mass is 10.2. The van der Waals surface area contributed by atoms with Crippen molar-refractivity contribution < 1.29 is 27.4 Å². The number of fused-ring (bicyclic) bond motifs is 1. The van der Waals surface area contributed by atoms with Crippen molar-refractivity contribution in [3.05, 3.63) is 35.8 Å². The lowest BCUT2D eigenvalue weighted by Crippen LogP contribution is -2.39. The zero-order valence-corrected chi connectivity index (χ0v) is 20.0. The van der Waals surface area contributed by atoms with E-state index in [1.165, 1.54) is 18.2 Å². The first-order valence-corrected chi connectivity index (χ1v) is 12.0. The maximum absolute atomic E-state index is 13.1. The van der Waals surface area contributed by atoms with Crippen LogP contribution in [0.1, 0.15) is 16.3 Å². The molecule has 2 saturated heterocycles. The molecule has 4 heterocycles. The number of imidazole rings is 1. The van der Waals surface area contributed by atoms with Crippen LogP contribution < -0.4 is 15.5 Å². The Morgan fingerprint density at radius 1 is 1.00 bits per heavy atom. The largest absolute Gasteiger partial charge is 0.449 e. The highest BCUT2D eigenvalue weighted by molar-refractivity contribution is 6.04. The van der Waals surface area contributed by atoms with Gasteiger partial charge < -0.3 is 30.0 Å². The summed E-state index contributed by atoms with van der Waals surface area (Å²) in [6.45, 7) is 6.82. The summed E-state index contributed by atoms with van der Waals surface area (Å²) in [5, 5.41) is 5.99. The number of carbonyl (C=O) groups is 1. The first-order chi connectivity index (χ1) is 17.8. The van der Waals surface area contributed by atoms with Gasteiger partial charge in [0.25, 0.3) is 5.91 Å². The average Bonchev–Trinajstić information content (AvgIpc) is 3.34. The smallest absolute Gasteiger partial charge is 0.379 e. The van der Waals surface area contributed by atoms with Crippen LogP contribution in [-0.4, -0.2) is 96.4 Å². The number of rotatable bonds is 7. The van der Waals surface area contributed by atoms with E-state index < -0.39 is 17.9 Å². The predicted molar refractivity (Wildman–Crippen MR) is 130 cm³/mol. The monoisotopic (exact) mass is 520 g/mol. The number of carbonyl (C=O) groups excluding carboxylic acids is 1. The van der Waals surface area contributed by atoms with Gasteiger partial charge in [0.1, 0.15) is 11.5 Å². The molecule has 14 heteroatoms. The SMILES string of the molecule is O=C(Nc1ccc2nc(C(F)(F)F)[nH]c2c1)c1cc(NCCN2CCOCC2)nc(N2CCOCC2)n1. The number of alkyl halides is 3. The van der Waals surface area contributed by atoms with Crippen LogP contribution >= 0.6 is 0 Å². The van der Waals surface area contributed by atoms with E-state index in [-0.39, 0.29) is 16.7 Å². The van der Waals surface area contributed by atoms with Crippen molar-refractivity contribution in [1.82, 2.24) is 24.8 Å². The molecule has 0 atom stereocenters. The molecule has 2 aliphatic heterocycles. The minimum atomic E-state index is -4.59. The van der Waals surface area contributed by atoms with Crippen LogP contribution in [0.15, 0.2) is 24.3 Å². The molecule has 2 aliphatic rings. The zero-order chi connectivity index (χ0) is 25.8. The van der Waals surface area contributed by atoms with E-state index in [1.807, 2.05) is 4.90 Å². The number of ether oxygens (including phenoxy) is 2. The summed E-state index contributed by atoms with van der Waals surface area (Å²) in [6, 6.07) is 5.87. The van der Waals surface area contributed by atoms with E-state index in [0.29, 0.717) is 63.5 Å². The van der Waals surface area contributed by atoms with Gasteiger partial charge in [-0.05, 0) is 18.2 Å². The number of benzene rings is 1. The molecular weight excluding hydrogens is 493 g/mol. The summed E-state index contributed by atoms with van der Waals surface area (Å²) in [7, 11) is 0. The summed E-state index contributed by atoms with van der Waals surface area (Å²) in [5.74, 6) is -0.690. The first kappa shape index (κ1) is 25.2. The van der Waals surface area contributed by atoms with Gasteiger partial charge in [-0.2, -0.15) is 18.2 Å². The normalized spacial score (nSPS) is 17.2. The second kappa shape index (κ2) is 10.9. The molecule has 198 valence electrons. The fraction of sp³-hybridized carbons (Fsp3) is 0.478. The first-order valence-electron chi connectivity index (χ1n) is 12.0. The second-order valence-corrected chi connectivity index (χ2v) is 8.69. The number of aromatic amines is 1. The molecule has 2 aromatic heterocycles. The molecule has 0 unspecified atom stereocenters. The van der Waals surface area contributed by atoms with Crippen LogP contribution in [0.2, 0.25) is 0 Å². The van der Waals surface area contributed by atoms with Crippen molar-refractivity contribution in [1.29, 1.82) is 0 Å². The van der Waals surface area contributed by atoms with Crippen LogP contribution in [0.25, 0.3) is 11.0 Å². The second-order valence-electron chi connectivity index (χ2n) is 8.69. The van der Waals surface area contributed by atoms with Gasteiger partial charge in [-0.15, -0.1) is 0 Å². The van der Waals surface area contributed by atoms with Crippen LogP contribution in [0, 0.1) is 0 Å². The number of hydrogen-bond donors (Lipinski definition) is 3. The molecule has 37 heavy (non-hydrogen) atoms. The highest BCUT2D eigenvalue weighted by Crippen LogP contribution is 2.29.